The molecule has 1 unspecified atom stereocenters. The summed E-state index contributed by atoms with van der Waals surface area (Å²) in [6, 6.07) is -0.488. The fourth-order valence-electron chi connectivity index (χ4n) is 2.01. The van der Waals surface area contributed by atoms with E-state index in [4.69, 9.17) is 4.74 Å². The molecule has 0 aliphatic carbocycles. The molecule has 0 aromatic carbocycles. The van der Waals surface area contributed by atoms with Gasteiger partial charge in [-0.15, -0.1) is 11.3 Å². The second-order valence-corrected chi connectivity index (χ2v) is 6.71. The third kappa shape index (κ3) is 4.31. The third-order valence-corrected chi connectivity index (χ3v) is 4.82. The zero-order valence-corrected chi connectivity index (χ0v) is 13.7. The maximum absolute atomic E-state index is 12.3. The highest BCUT2D eigenvalue weighted by Gasteiger charge is 2.32. The molecular weight excluding hydrogens is 308 g/mol. The van der Waals surface area contributed by atoms with Gasteiger partial charge in [0.05, 0.1) is 17.3 Å². The van der Waals surface area contributed by atoms with Gasteiger partial charge in [0.25, 0.3) is 0 Å². The molecule has 1 aliphatic heterocycles. The van der Waals surface area contributed by atoms with Gasteiger partial charge >= 0.3 is 5.97 Å². The second kappa shape index (κ2) is 7.61. The summed E-state index contributed by atoms with van der Waals surface area (Å²) in [6.45, 7) is 4.58. The molecule has 7 heteroatoms. The number of carbonyl (C=O) groups excluding carboxylic acids is 2. The number of aryl methyl sites for hydroxylation is 1. The van der Waals surface area contributed by atoms with Crippen LogP contribution in [-0.2, 0) is 14.3 Å². The minimum Gasteiger partial charge on any atom is -0.464 e. The molecular formula is C14H18N2O3S2. The number of hydrogen-bond donors (Lipinski definition) is 0. The number of hydrogen-bond acceptors (Lipinski definition) is 6. The van der Waals surface area contributed by atoms with E-state index in [1.54, 1.807) is 29.7 Å². The van der Waals surface area contributed by atoms with E-state index < -0.39 is 6.04 Å². The molecule has 1 fully saturated rings. The average Bonchev–Trinajstić information content (AvgIpc) is 2.90. The van der Waals surface area contributed by atoms with Crippen LogP contribution in [0.15, 0.2) is 11.5 Å². The summed E-state index contributed by atoms with van der Waals surface area (Å²) >= 11 is 3.21. The van der Waals surface area contributed by atoms with Crippen molar-refractivity contribution in [1.82, 2.24) is 9.88 Å². The molecule has 1 aliphatic rings. The molecule has 5 nitrogen and oxygen atoms in total. The molecule has 0 saturated carbocycles. The lowest BCUT2D eigenvalue weighted by molar-refractivity contribution is -0.152. The largest absolute Gasteiger partial charge is 0.464 e. The molecule has 1 atom stereocenters. The number of nitrogens with zero attached hydrogens (tertiary/aromatic N) is 2. The fourth-order valence-corrected chi connectivity index (χ4v) is 3.62. The van der Waals surface area contributed by atoms with Gasteiger partial charge in [-0.05, 0) is 19.9 Å². The van der Waals surface area contributed by atoms with Crippen molar-refractivity contribution >= 4 is 41.1 Å². The first-order valence-electron chi connectivity index (χ1n) is 6.77. The lowest BCUT2D eigenvalue weighted by atomic mass is 10.2. The van der Waals surface area contributed by atoms with Gasteiger partial charge in [0.15, 0.2) is 0 Å². The van der Waals surface area contributed by atoms with E-state index in [0.717, 1.165) is 16.5 Å². The SMILES string of the molecule is CCOC(=O)C1CSCCN1C(=O)C=Cc1csc(C)n1. The lowest BCUT2D eigenvalue weighted by Gasteiger charge is -2.32. The van der Waals surface area contributed by atoms with Crippen LogP contribution < -0.4 is 0 Å². The van der Waals surface area contributed by atoms with Crippen molar-refractivity contribution in [3.63, 3.8) is 0 Å². The lowest BCUT2D eigenvalue weighted by Crippen LogP contribution is -2.50. The normalized spacial score (nSPS) is 19.0. The van der Waals surface area contributed by atoms with Gasteiger partial charge in [0, 0.05) is 29.5 Å². The average molecular weight is 326 g/mol. The number of thiazole rings is 1. The maximum atomic E-state index is 12.3. The summed E-state index contributed by atoms with van der Waals surface area (Å²) in [6.07, 6.45) is 3.17. The van der Waals surface area contributed by atoms with E-state index in [9.17, 15) is 9.59 Å². The minimum atomic E-state index is -0.488. The van der Waals surface area contributed by atoms with Gasteiger partial charge in [-0.3, -0.25) is 4.79 Å². The van der Waals surface area contributed by atoms with Gasteiger partial charge in [-0.25, -0.2) is 9.78 Å². The Balaban J connectivity index is 2.04. The molecule has 1 saturated heterocycles. The highest BCUT2D eigenvalue weighted by molar-refractivity contribution is 7.99. The Hall–Kier alpha value is -1.34. The highest BCUT2D eigenvalue weighted by atomic mass is 32.2. The molecule has 0 spiro atoms. The summed E-state index contributed by atoms with van der Waals surface area (Å²) in [5.41, 5.74) is 0.768. The molecule has 0 N–H and O–H groups in total. The quantitative estimate of drug-likeness (QED) is 0.625. The standard InChI is InChI=1S/C14H18N2O3S2/c1-3-19-14(18)12-9-20-7-6-16(12)13(17)5-4-11-8-21-10(2)15-11/h4-5,8,12H,3,6-7,9H2,1-2H3. The number of ether oxygens (including phenoxy) is 1. The van der Waals surface area contributed by atoms with E-state index in [-0.39, 0.29) is 11.9 Å². The summed E-state index contributed by atoms with van der Waals surface area (Å²) in [7, 11) is 0. The van der Waals surface area contributed by atoms with Crippen LogP contribution in [0.3, 0.4) is 0 Å². The number of esters is 1. The van der Waals surface area contributed by atoms with Crippen LogP contribution in [0.2, 0.25) is 0 Å². The number of rotatable bonds is 4. The van der Waals surface area contributed by atoms with Crippen LogP contribution in [0.5, 0.6) is 0 Å². The molecule has 21 heavy (non-hydrogen) atoms. The summed E-state index contributed by atoms with van der Waals surface area (Å²) in [4.78, 5) is 30.1. The van der Waals surface area contributed by atoms with Crippen LogP contribution >= 0.6 is 23.1 Å². The number of amides is 1. The Morgan fingerprint density at radius 1 is 1.57 bits per heavy atom. The van der Waals surface area contributed by atoms with Crippen LogP contribution in [0.1, 0.15) is 17.6 Å². The monoisotopic (exact) mass is 326 g/mol. The predicted molar refractivity (Wildman–Crippen MR) is 85.3 cm³/mol. The van der Waals surface area contributed by atoms with Gasteiger partial charge in [0.2, 0.25) is 5.91 Å². The van der Waals surface area contributed by atoms with Crippen molar-refractivity contribution in [3.8, 4) is 0 Å². The van der Waals surface area contributed by atoms with Gasteiger partial charge < -0.3 is 9.64 Å². The first-order chi connectivity index (χ1) is 10.1. The van der Waals surface area contributed by atoms with E-state index in [0.29, 0.717) is 18.9 Å². The fraction of sp³-hybridized carbons (Fsp3) is 0.500. The second-order valence-electron chi connectivity index (χ2n) is 4.50. The van der Waals surface area contributed by atoms with Crippen molar-refractivity contribution in [2.45, 2.75) is 19.9 Å². The van der Waals surface area contributed by atoms with Crippen LogP contribution in [0.25, 0.3) is 6.08 Å². The van der Waals surface area contributed by atoms with Crippen molar-refractivity contribution in [2.75, 3.05) is 24.7 Å². The maximum Gasteiger partial charge on any atom is 0.329 e. The molecule has 1 amide bonds. The van der Waals surface area contributed by atoms with Crippen LogP contribution in [0, 0.1) is 6.92 Å². The Bertz CT molecular complexity index is 542. The molecule has 2 rings (SSSR count). The Morgan fingerprint density at radius 3 is 3.05 bits per heavy atom. The molecule has 1 aromatic heterocycles. The van der Waals surface area contributed by atoms with Crippen molar-refractivity contribution in [1.29, 1.82) is 0 Å². The number of thioether (sulfide) groups is 1. The summed E-state index contributed by atoms with van der Waals surface area (Å²) < 4.78 is 5.05. The Labute approximate surface area is 132 Å². The Morgan fingerprint density at radius 2 is 2.38 bits per heavy atom. The highest BCUT2D eigenvalue weighted by Crippen LogP contribution is 2.18. The molecule has 2 heterocycles. The smallest absolute Gasteiger partial charge is 0.329 e. The van der Waals surface area contributed by atoms with Crippen molar-refractivity contribution in [3.05, 3.63) is 22.2 Å². The van der Waals surface area contributed by atoms with Crippen LogP contribution in [0.4, 0.5) is 0 Å². The molecule has 114 valence electrons. The van der Waals surface area contributed by atoms with E-state index in [2.05, 4.69) is 4.98 Å². The summed E-state index contributed by atoms with van der Waals surface area (Å²) in [5, 5.41) is 2.86. The van der Waals surface area contributed by atoms with Crippen molar-refractivity contribution in [2.24, 2.45) is 0 Å². The zero-order chi connectivity index (χ0) is 15.2. The third-order valence-electron chi connectivity index (χ3n) is 3.00. The Kier molecular flexibility index (Phi) is 5.81. The predicted octanol–water partition coefficient (Wildman–Crippen LogP) is 1.97. The van der Waals surface area contributed by atoms with E-state index >= 15 is 0 Å². The molecule has 0 radical (unpaired) electrons. The molecule has 0 bridgehead atoms. The number of carbonyl (C=O) groups is 2. The summed E-state index contributed by atoms with van der Waals surface area (Å²) in [5.74, 6) is 0.939. The van der Waals surface area contributed by atoms with Crippen LogP contribution in [-0.4, -0.2) is 52.5 Å². The first-order valence-corrected chi connectivity index (χ1v) is 8.80. The molecule has 1 aromatic rings. The van der Waals surface area contributed by atoms with E-state index in [1.165, 1.54) is 17.4 Å². The van der Waals surface area contributed by atoms with Gasteiger partial charge in [0.1, 0.15) is 6.04 Å². The van der Waals surface area contributed by atoms with E-state index in [1.807, 2.05) is 12.3 Å². The van der Waals surface area contributed by atoms with Gasteiger partial charge in [-0.1, -0.05) is 0 Å². The van der Waals surface area contributed by atoms with Gasteiger partial charge in [-0.2, -0.15) is 11.8 Å². The minimum absolute atomic E-state index is 0.168. The number of aromatic nitrogens is 1. The zero-order valence-electron chi connectivity index (χ0n) is 12.1. The van der Waals surface area contributed by atoms with Crippen molar-refractivity contribution < 1.29 is 14.3 Å². The first kappa shape index (κ1) is 16.0. The topological polar surface area (TPSA) is 59.5 Å².